The maximum atomic E-state index is 10.2. The highest BCUT2D eigenvalue weighted by molar-refractivity contribution is 7.36. The molecule has 2 aromatic heterocycles. The first-order valence-corrected chi connectivity index (χ1v) is 4.75. The predicted molar refractivity (Wildman–Crippen MR) is 47.4 cm³/mol. The molecule has 0 aliphatic heterocycles. The summed E-state index contributed by atoms with van der Waals surface area (Å²) in [4.78, 5) is 18.4. The van der Waals surface area contributed by atoms with E-state index in [0.717, 1.165) is 4.34 Å². The summed E-state index contributed by atoms with van der Waals surface area (Å²) in [7, 11) is -2.57. The number of hydrogen-bond acceptors (Lipinski definition) is 3. The molecule has 0 saturated carbocycles. The minimum atomic E-state index is -2.57. The summed E-state index contributed by atoms with van der Waals surface area (Å²) in [5.74, 6) is 0. The van der Waals surface area contributed by atoms with E-state index in [-0.39, 0.29) is 0 Å². The van der Waals surface area contributed by atoms with Gasteiger partial charge in [0.05, 0.1) is 6.33 Å². The van der Waals surface area contributed by atoms with Gasteiger partial charge in [0.1, 0.15) is 6.33 Å². The molecule has 0 amide bonds. The molecule has 6 nitrogen and oxygen atoms in total. The molecule has 0 aromatic carbocycles. The molecule has 0 aliphatic carbocycles. The number of imidazole rings is 2. The highest BCUT2D eigenvalue weighted by Crippen LogP contribution is 2.14. The number of H-pyrrole nitrogens is 1. The van der Waals surface area contributed by atoms with Crippen LogP contribution in [0.5, 0.6) is 0 Å². The Labute approximate surface area is 75.2 Å². The van der Waals surface area contributed by atoms with Gasteiger partial charge in [-0.2, -0.15) is 0 Å². The molecule has 0 radical (unpaired) electrons. The molecule has 0 saturated heterocycles. The normalized spacial score (nSPS) is 11.5. The Morgan fingerprint density at radius 1 is 1.38 bits per heavy atom. The molecule has 1 atom stereocenters. The Kier molecular flexibility index (Phi) is 3.95. The number of hydrogen-bond donors (Lipinski definition) is 2. The van der Waals surface area contributed by atoms with Gasteiger partial charge in [-0.3, -0.25) is 8.90 Å². The van der Waals surface area contributed by atoms with Gasteiger partial charge < -0.3 is 9.88 Å². The Morgan fingerprint density at radius 3 is 2.46 bits per heavy atom. The average molecular weight is 200 g/mol. The second-order valence-corrected chi connectivity index (χ2v) is 3.09. The zero-order chi connectivity index (χ0) is 9.52. The van der Waals surface area contributed by atoms with Crippen molar-refractivity contribution in [2.75, 3.05) is 0 Å². The van der Waals surface area contributed by atoms with Crippen LogP contribution >= 0.6 is 8.18 Å². The van der Waals surface area contributed by atoms with Gasteiger partial charge in [0.15, 0.2) is 0 Å². The van der Waals surface area contributed by atoms with Gasteiger partial charge in [0.25, 0.3) is 8.18 Å². The molecular weight excluding hydrogens is 191 g/mol. The molecule has 2 N–H and O–H groups in total. The van der Waals surface area contributed by atoms with E-state index in [0.29, 0.717) is 0 Å². The van der Waals surface area contributed by atoms with E-state index < -0.39 is 8.18 Å². The number of aromatic nitrogens is 4. The summed E-state index contributed by atoms with van der Waals surface area (Å²) < 4.78 is 11.3. The lowest BCUT2D eigenvalue weighted by Gasteiger charge is -1.88. The highest BCUT2D eigenvalue weighted by Gasteiger charge is 1.89. The standard InChI is InChI=1S/C3H5N2O2P.C3H4N2/c6-8(7)5-2-1-4-3-5;1-2-5-3-4-1/h1-3,8H,(H,6,7);1-3H,(H,4,5). The lowest BCUT2D eigenvalue weighted by atomic mass is 11.0. The van der Waals surface area contributed by atoms with Gasteiger partial charge in [-0.25, -0.2) is 9.97 Å². The maximum absolute atomic E-state index is 10.2. The quantitative estimate of drug-likeness (QED) is 0.657. The van der Waals surface area contributed by atoms with Crippen molar-refractivity contribution in [1.82, 2.24) is 19.3 Å². The lowest BCUT2D eigenvalue weighted by Crippen LogP contribution is -1.75. The maximum Gasteiger partial charge on any atom is 0.287 e. The summed E-state index contributed by atoms with van der Waals surface area (Å²) in [5, 5.41) is 0. The van der Waals surface area contributed by atoms with Crippen LogP contribution in [0.25, 0.3) is 0 Å². The number of nitrogens with zero attached hydrogens (tertiary/aromatic N) is 3. The van der Waals surface area contributed by atoms with Crippen molar-refractivity contribution in [2.24, 2.45) is 0 Å². The third-order valence-corrected chi connectivity index (χ3v) is 1.84. The fraction of sp³-hybridized carbons (Fsp3) is 0. The molecule has 70 valence electrons. The van der Waals surface area contributed by atoms with E-state index in [1.807, 2.05) is 0 Å². The minimum absolute atomic E-state index is 1.16. The van der Waals surface area contributed by atoms with Gasteiger partial charge >= 0.3 is 0 Å². The Balaban J connectivity index is 0.000000145. The highest BCUT2D eigenvalue weighted by atomic mass is 31.1. The molecular formula is C6H9N4O2P. The predicted octanol–water partition coefficient (Wildman–Crippen LogP) is 0.523. The summed E-state index contributed by atoms with van der Waals surface area (Å²) in [6.45, 7) is 0. The molecule has 0 fully saturated rings. The van der Waals surface area contributed by atoms with Crippen molar-refractivity contribution in [3.05, 3.63) is 37.4 Å². The van der Waals surface area contributed by atoms with Crippen LogP contribution in [0, 0.1) is 0 Å². The monoisotopic (exact) mass is 200 g/mol. The number of aromatic amines is 1. The SMILES string of the molecule is O=[PH](O)n1ccnc1.c1c[nH]cn1. The lowest BCUT2D eigenvalue weighted by molar-refractivity contribution is 0.494. The van der Waals surface area contributed by atoms with Crippen LogP contribution in [0.15, 0.2) is 37.4 Å². The molecule has 2 rings (SSSR count). The van der Waals surface area contributed by atoms with E-state index >= 15 is 0 Å². The van der Waals surface area contributed by atoms with Crippen molar-refractivity contribution >= 4 is 8.18 Å². The van der Waals surface area contributed by atoms with Crippen LogP contribution in [0.1, 0.15) is 0 Å². The van der Waals surface area contributed by atoms with Crippen LogP contribution in [0.2, 0.25) is 0 Å². The van der Waals surface area contributed by atoms with Gasteiger partial charge in [-0.05, 0) is 0 Å². The molecule has 2 aromatic rings. The van der Waals surface area contributed by atoms with Gasteiger partial charge in [-0.1, -0.05) is 0 Å². The first-order valence-electron chi connectivity index (χ1n) is 3.44. The smallest absolute Gasteiger partial charge is 0.287 e. The first kappa shape index (κ1) is 9.70. The Morgan fingerprint density at radius 2 is 2.23 bits per heavy atom. The number of nitrogens with one attached hydrogen (secondary N) is 1. The average Bonchev–Trinajstić information content (AvgIpc) is 2.82. The molecule has 0 aliphatic rings. The molecule has 7 heteroatoms. The van der Waals surface area contributed by atoms with Crippen molar-refractivity contribution in [3.63, 3.8) is 0 Å². The summed E-state index contributed by atoms with van der Waals surface area (Å²) >= 11 is 0. The second-order valence-electron chi connectivity index (χ2n) is 2.01. The number of rotatable bonds is 1. The Hall–Kier alpha value is -1.39. The van der Waals surface area contributed by atoms with Gasteiger partial charge in [-0.15, -0.1) is 0 Å². The van der Waals surface area contributed by atoms with Crippen molar-refractivity contribution in [3.8, 4) is 0 Å². The van der Waals surface area contributed by atoms with Crippen LogP contribution in [-0.2, 0) is 4.57 Å². The zero-order valence-corrected chi connectivity index (χ0v) is 7.66. The van der Waals surface area contributed by atoms with E-state index in [1.54, 1.807) is 18.7 Å². The van der Waals surface area contributed by atoms with Crippen molar-refractivity contribution in [1.29, 1.82) is 0 Å². The van der Waals surface area contributed by atoms with Crippen molar-refractivity contribution < 1.29 is 9.46 Å². The van der Waals surface area contributed by atoms with Gasteiger partial charge in [0.2, 0.25) is 0 Å². The molecule has 1 unspecified atom stereocenters. The topological polar surface area (TPSA) is 83.8 Å². The zero-order valence-electron chi connectivity index (χ0n) is 6.66. The Bertz CT molecular complexity index is 314. The largest absolute Gasteiger partial charge is 0.351 e. The van der Waals surface area contributed by atoms with Crippen LogP contribution in [0.3, 0.4) is 0 Å². The molecule has 13 heavy (non-hydrogen) atoms. The molecule has 0 bridgehead atoms. The van der Waals surface area contributed by atoms with E-state index in [2.05, 4.69) is 15.0 Å². The summed E-state index contributed by atoms with van der Waals surface area (Å²) in [6, 6.07) is 0. The molecule has 2 heterocycles. The fourth-order valence-electron chi connectivity index (χ4n) is 0.587. The van der Waals surface area contributed by atoms with Gasteiger partial charge in [0, 0.05) is 24.8 Å². The van der Waals surface area contributed by atoms with E-state index in [1.165, 1.54) is 18.7 Å². The minimum Gasteiger partial charge on any atom is -0.351 e. The second kappa shape index (κ2) is 5.29. The summed E-state index contributed by atoms with van der Waals surface area (Å²) in [6.07, 6.45) is 9.29. The fourth-order valence-corrected chi connectivity index (χ4v) is 0.947. The summed E-state index contributed by atoms with van der Waals surface area (Å²) in [5.41, 5.74) is 0. The third-order valence-electron chi connectivity index (χ3n) is 1.13. The van der Waals surface area contributed by atoms with Crippen LogP contribution < -0.4 is 0 Å². The van der Waals surface area contributed by atoms with Crippen LogP contribution in [-0.4, -0.2) is 24.2 Å². The first-order chi connectivity index (χ1) is 6.30. The molecule has 0 spiro atoms. The van der Waals surface area contributed by atoms with Crippen molar-refractivity contribution in [2.45, 2.75) is 0 Å². The van der Waals surface area contributed by atoms with Crippen LogP contribution in [0.4, 0.5) is 0 Å². The van der Waals surface area contributed by atoms with E-state index in [9.17, 15) is 4.57 Å². The third kappa shape index (κ3) is 3.68. The van der Waals surface area contributed by atoms with E-state index in [4.69, 9.17) is 4.89 Å².